The number of amides is 1. The number of aliphatic hydroxyl groups is 1. The molecule has 1 heterocycles. The van der Waals surface area contributed by atoms with Gasteiger partial charge in [0.25, 0.3) is 5.91 Å². The number of likely N-dealkylation sites (tertiary alicyclic amines) is 1. The molecule has 7 heteroatoms. The van der Waals surface area contributed by atoms with Gasteiger partial charge in [-0.3, -0.25) is 14.9 Å². The maximum Gasteiger partial charge on any atom is 0.311 e. The SMILES string of the molecule is CCOc1c(C(=O)N2CCC[C@H]2CO)cccc1[N+](=O)[O-]. The van der Waals surface area contributed by atoms with E-state index in [9.17, 15) is 20.0 Å². The topological polar surface area (TPSA) is 92.9 Å². The average molecular weight is 294 g/mol. The molecule has 0 spiro atoms. The van der Waals surface area contributed by atoms with Gasteiger partial charge in [0, 0.05) is 12.6 Å². The Balaban J connectivity index is 2.40. The molecule has 2 rings (SSSR count). The van der Waals surface area contributed by atoms with Gasteiger partial charge in [0.2, 0.25) is 5.75 Å². The zero-order valence-electron chi connectivity index (χ0n) is 11.8. The molecular weight excluding hydrogens is 276 g/mol. The highest BCUT2D eigenvalue weighted by atomic mass is 16.6. The summed E-state index contributed by atoms with van der Waals surface area (Å²) in [5, 5.41) is 20.4. The lowest BCUT2D eigenvalue weighted by atomic mass is 10.1. The van der Waals surface area contributed by atoms with Gasteiger partial charge in [-0.1, -0.05) is 6.07 Å². The Kier molecular flexibility index (Phi) is 4.74. The van der Waals surface area contributed by atoms with Gasteiger partial charge >= 0.3 is 5.69 Å². The number of hydrogen-bond acceptors (Lipinski definition) is 5. The molecule has 1 saturated heterocycles. The van der Waals surface area contributed by atoms with Crippen molar-refractivity contribution < 1.29 is 19.6 Å². The van der Waals surface area contributed by atoms with E-state index in [1.54, 1.807) is 11.8 Å². The van der Waals surface area contributed by atoms with Crippen LogP contribution in [-0.2, 0) is 0 Å². The third-order valence-electron chi connectivity index (χ3n) is 3.56. The van der Waals surface area contributed by atoms with Crippen LogP contribution >= 0.6 is 0 Å². The van der Waals surface area contributed by atoms with Crippen LogP contribution in [0.3, 0.4) is 0 Å². The molecule has 1 aromatic rings. The van der Waals surface area contributed by atoms with Gasteiger partial charge in [-0.25, -0.2) is 0 Å². The quantitative estimate of drug-likeness (QED) is 0.657. The van der Waals surface area contributed by atoms with E-state index in [2.05, 4.69) is 0 Å². The number of carbonyl (C=O) groups is 1. The van der Waals surface area contributed by atoms with Crippen LogP contribution in [-0.4, -0.2) is 46.6 Å². The second kappa shape index (κ2) is 6.53. The van der Waals surface area contributed by atoms with Crippen molar-refractivity contribution in [2.45, 2.75) is 25.8 Å². The molecule has 0 aliphatic carbocycles. The summed E-state index contributed by atoms with van der Waals surface area (Å²) in [6, 6.07) is 4.08. The molecule has 0 aromatic heterocycles. The molecule has 21 heavy (non-hydrogen) atoms. The van der Waals surface area contributed by atoms with Gasteiger partial charge in [0.05, 0.1) is 29.7 Å². The van der Waals surface area contributed by atoms with E-state index in [0.29, 0.717) is 6.54 Å². The minimum atomic E-state index is -0.560. The van der Waals surface area contributed by atoms with Crippen LogP contribution in [0.4, 0.5) is 5.69 Å². The van der Waals surface area contributed by atoms with Gasteiger partial charge in [-0.15, -0.1) is 0 Å². The molecule has 114 valence electrons. The Hall–Kier alpha value is -2.15. The summed E-state index contributed by atoms with van der Waals surface area (Å²) in [6.45, 7) is 2.37. The lowest BCUT2D eigenvalue weighted by Gasteiger charge is -2.23. The molecule has 0 unspecified atom stereocenters. The first-order chi connectivity index (χ1) is 10.1. The zero-order chi connectivity index (χ0) is 15.4. The number of ether oxygens (including phenoxy) is 1. The molecule has 0 radical (unpaired) electrons. The fourth-order valence-corrected chi connectivity index (χ4v) is 2.58. The molecule has 1 N–H and O–H groups in total. The number of nitro benzene ring substituents is 1. The Morgan fingerprint density at radius 3 is 2.95 bits per heavy atom. The zero-order valence-corrected chi connectivity index (χ0v) is 11.8. The molecule has 1 aromatic carbocycles. The van der Waals surface area contributed by atoms with Crippen LogP contribution in [0.2, 0.25) is 0 Å². The maximum atomic E-state index is 12.6. The van der Waals surface area contributed by atoms with E-state index in [4.69, 9.17) is 4.74 Å². The number of rotatable bonds is 5. The van der Waals surface area contributed by atoms with Crippen LogP contribution in [0, 0.1) is 10.1 Å². The van der Waals surface area contributed by atoms with Crippen molar-refractivity contribution in [3.63, 3.8) is 0 Å². The molecule has 0 saturated carbocycles. The Bertz CT molecular complexity index is 546. The number of nitrogens with zero attached hydrogens (tertiary/aromatic N) is 2. The smallest absolute Gasteiger partial charge is 0.311 e. The van der Waals surface area contributed by atoms with Crippen LogP contribution in [0.15, 0.2) is 18.2 Å². The minimum absolute atomic E-state index is 0.00131. The summed E-state index contributed by atoms with van der Waals surface area (Å²) in [7, 11) is 0. The van der Waals surface area contributed by atoms with Crippen molar-refractivity contribution in [2.75, 3.05) is 19.8 Å². The number of hydrogen-bond donors (Lipinski definition) is 1. The molecular formula is C14H18N2O5. The first-order valence-corrected chi connectivity index (χ1v) is 6.92. The number of aliphatic hydroxyl groups excluding tert-OH is 1. The van der Waals surface area contributed by atoms with Crippen molar-refractivity contribution >= 4 is 11.6 Å². The van der Waals surface area contributed by atoms with Crippen LogP contribution in [0.25, 0.3) is 0 Å². The summed E-state index contributed by atoms with van der Waals surface area (Å²) < 4.78 is 5.33. The summed E-state index contributed by atoms with van der Waals surface area (Å²) in [5.41, 5.74) is -0.0474. The first kappa shape index (κ1) is 15.2. The monoisotopic (exact) mass is 294 g/mol. The van der Waals surface area contributed by atoms with Gasteiger partial charge < -0.3 is 14.7 Å². The molecule has 1 atom stereocenters. The number of benzene rings is 1. The number of nitro groups is 1. The van der Waals surface area contributed by atoms with Crippen LogP contribution in [0.1, 0.15) is 30.1 Å². The largest absolute Gasteiger partial charge is 0.487 e. The average Bonchev–Trinajstić information content (AvgIpc) is 2.95. The second-order valence-electron chi connectivity index (χ2n) is 4.82. The normalized spacial score (nSPS) is 17.8. The van der Waals surface area contributed by atoms with Crippen LogP contribution in [0.5, 0.6) is 5.75 Å². The fraction of sp³-hybridized carbons (Fsp3) is 0.500. The van der Waals surface area contributed by atoms with Crippen molar-refractivity contribution in [3.05, 3.63) is 33.9 Å². The summed E-state index contributed by atoms with van der Waals surface area (Å²) in [5.74, 6) is -0.336. The highest BCUT2D eigenvalue weighted by molar-refractivity contribution is 5.98. The van der Waals surface area contributed by atoms with Crippen molar-refractivity contribution in [3.8, 4) is 5.75 Å². The highest BCUT2D eigenvalue weighted by Gasteiger charge is 2.32. The second-order valence-corrected chi connectivity index (χ2v) is 4.82. The van der Waals surface area contributed by atoms with Gasteiger partial charge in [-0.2, -0.15) is 0 Å². The Labute approximate surface area is 122 Å². The standard InChI is InChI=1S/C14H18N2O5/c1-2-21-13-11(6-3-7-12(13)16(19)20)14(18)15-8-4-5-10(15)9-17/h3,6-7,10,17H,2,4-5,8-9H2,1H3/t10-/m0/s1. The third kappa shape index (κ3) is 2.97. The lowest BCUT2D eigenvalue weighted by Crippen LogP contribution is -2.37. The van der Waals surface area contributed by atoms with E-state index in [-0.39, 0.29) is 42.2 Å². The fourth-order valence-electron chi connectivity index (χ4n) is 2.58. The summed E-state index contributed by atoms with van der Waals surface area (Å²) >= 11 is 0. The predicted octanol–water partition coefficient (Wildman–Crippen LogP) is 1.59. The van der Waals surface area contributed by atoms with Gasteiger partial charge in [0.1, 0.15) is 0 Å². The van der Waals surface area contributed by atoms with Gasteiger partial charge in [-0.05, 0) is 25.8 Å². The van der Waals surface area contributed by atoms with E-state index < -0.39 is 4.92 Å². The summed E-state index contributed by atoms with van der Waals surface area (Å²) in [6.07, 6.45) is 1.55. The molecule has 0 bridgehead atoms. The van der Waals surface area contributed by atoms with Gasteiger partial charge in [0.15, 0.2) is 0 Å². The van der Waals surface area contributed by atoms with E-state index in [1.165, 1.54) is 18.2 Å². The highest BCUT2D eigenvalue weighted by Crippen LogP contribution is 2.33. The van der Waals surface area contributed by atoms with Crippen molar-refractivity contribution in [1.82, 2.24) is 4.90 Å². The minimum Gasteiger partial charge on any atom is -0.487 e. The summed E-state index contributed by atoms with van der Waals surface area (Å²) in [4.78, 5) is 24.7. The first-order valence-electron chi connectivity index (χ1n) is 6.92. The lowest BCUT2D eigenvalue weighted by molar-refractivity contribution is -0.385. The van der Waals surface area contributed by atoms with Crippen molar-refractivity contribution in [2.24, 2.45) is 0 Å². The predicted molar refractivity (Wildman–Crippen MR) is 75.4 cm³/mol. The number of carbonyl (C=O) groups excluding carboxylic acids is 1. The maximum absolute atomic E-state index is 12.6. The van der Waals surface area contributed by atoms with Crippen molar-refractivity contribution in [1.29, 1.82) is 0 Å². The Morgan fingerprint density at radius 2 is 2.33 bits per heavy atom. The Morgan fingerprint density at radius 1 is 1.57 bits per heavy atom. The third-order valence-corrected chi connectivity index (χ3v) is 3.56. The molecule has 1 aliphatic heterocycles. The molecule has 1 amide bonds. The van der Waals surface area contributed by atoms with E-state index in [1.807, 2.05) is 0 Å². The molecule has 7 nitrogen and oxygen atoms in total. The number of para-hydroxylation sites is 1. The molecule has 1 aliphatic rings. The van der Waals surface area contributed by atoms with E-state index >= 15 is 0 Å². The van der Waals surface area contributed by atoms with E-state index in [0.717, 1.165) is 12.8 Å². The molecule has 1 fully saturated rings. The van der Waals surface area contributed by atoms with Crippen LogP contribution < -0.4 is 4.74 Å².